The topological polar surface area (TPSA) is 57.6 Å². The third kappa shape index (κ3) is 6.07. The number of methoxy groups -OCH3 is 1. The second-order valence-corrected chi connectivity index (χ2v) is 11.2. The van der Waals surface area contributed by atoms with Crippen molar-refractivity contribution in [3.05, 3.63) is 83.0 Å². The van der Waals surface area contributed by atoms with Gasteiger partial charge in [-0.1, -0.05) is 54.1 Å². The molecule has 1 fully saturated rings. The zero-order chi connectivity index (χ0) is 26.0. The number of hydrogen-bond donors (Lipinski definition) is 2. The lowest BCUT2D eigenvalue weighted by Crippen LogP contribution is -2.50. The first kappa shape index (κ1) is 25.9. The van der Waals surface area contributed by atoms with Gasteiger partial charge in [0.05, 0.1) is 18.7 Å². The van der Waals surface area contributed by atoms with E-state index in [1.54, 1.807) is 7.11 Å². The number of β-amino-alcohol motifs (C(OH)–C–C–N with tert-alkyl or cyclic N) is 1. The molecule has 0 unspecified atom stereocenters. The van der Waals surface area contributed by atoms with Crippen LogP contribution in [0.25, 0.3) is 21.7 Å². The summed E-state index contributed by atoms with van der Waals surface area (Å²) in [4.78, 5) is 6.94. The Hall–Kier alpha value is -2.70. The molecule has 3 aromatic carbocycles. The fraction of sp³-hybridized carbons (Fsp3) is 0.387. The molecule has 6 heteroatoms. The van der Waals surface area contributed by atoms with Crippen molar-refractivity contribution in [3.8, 4) is 5.75 Å². The zero-order valence-corrected chi connectivity index (χ0v) is 22.6. The lowest BCUT2D eigenvalue weighted by molar-refractivity contribution is 0.0633. The predicted molar refractivity (Wildman–Crippen MR) is 152 cm³/mol. The van der Waals surface area contributed by atoms with Gasteiger partial charge in [0.15, 0.2) is 0 Å². The van der Waals surface area contributed by atoms with Gasteiger partial charge in [0.2, 0.25) is 0 Å². The first-order valence-corrected chi connectivity index (χ1v) is 13.5. The molecule has 1 aliphatic rings. The number of aliphatic hydroxyl groups is 1. The van der Waals surface area contributed by atoms with Gasteiger partial charge in [0, 0.05) is 35.6 Å². The van der Waals surface area contributed by atoms with Crippen LogP contribution in [-0.4, -0.2) is 52.9 Å². The number of halogens is 1. The molecular formula is C31H36ClN3O2. The molecule has 4 aromatic rings. The van der Waals surface area contributed by atoms with Crippen molar-refractivity contribution >= 4 is 33.3 Å². The van der Waals surface area contributed by atoms with Crippen LogP contribution in [0.1, 0.15) is 37.8 Å². The summed E-state index contributed by atoms with van der Waals surface area (Å²) in [6.07, 6.45) is 2.46. The summed E-state index contributed by atoms with van der Waals surface area (Å²) in [5.74, 6) is 0.800. The summed E-state index contributed by atoms with van der Waals surface area (Å²) in [5, 5.41) is 18.9. The molecule has 0 amide bonds. The van der Waals surface area contributed by atoms with E-state index in [9.17, 15) is 5.11 Å². The molecule has 0 spiro atoms. The molecule has 1 saturated heterocycles. The summed E-state index contributed by atoms with van der Waals surface area (Å²) in [7, 11) is 1.67. The van der Waals surface area contributed by atoms with Crippen LogP contribution < -0.4 is 10.1 Å². The number of rotatable bonds is 9. The van der Waals surface area contributed by atoms with E-state index < -0.39 is 6.10 Å². The maximum atomic E-state index is 11.2. The molecule has 1 aliphatic heterocycles. The Morgan fingerprint density at radius 2 is 1.89 bits per heavy atom. The number of hydrogen-bond acceptors (Lipinski definition) is 5. The van der Waals surface area contributed by atoms with Gasteiger partial charge in [-0.05, 0) is 80.3 Å². The third-order valence-corrected chi connectivity index (χ3v) is 7.86. The molecule has 0 bridgehead atoms. The van der Waals surface area contributed by atoms with Crippen LogP contribution in [-0.2, 0) is 13.0 Å². The highest BCUT2D eigenvalue weighted by Gasteiger charge is 2.32. The van der Waals surface area contributed by atoms with Crippen molar-refractivity contribution in [2.24, 2.45) is 0 Å². The van der Waals surface area contributed by atoms with Crippen LogP contribution in [0.5, 0.6) is 5.75 Å². The quantitative estimate of drug-likeness (QED) is 0.267. The summed E-state index contributed by atoms with van der Waals surface area (Å²) in [5.41, 5.74) is 2.98. The van der Waals surface area contributed by atoms with E-state index in [1.165, 1.54) is 16.3 Å². The molecule has 2 heterocycles. The molecule has 2 N–H and O–H groups in total. The fourth-order valence-electron chi connectivity index (χ4n) is 5.55. The first-order valence-electron chi connectivity index (χ1n) is 13.1. The van der Waals surface area contributed by atoms with E-state index in [-0.39, 0.29) is 11.6 Å². The number of benzene rings is 3. The van der Waals surface area contributed by atoms with Gasteiger partial charge in [-0.3, -0.25) is 4.90 Å². The van der Waals surface area contributed by atoms with Crippen molar-refractivity contribution in [2.45, 2.75) is 57.3 Å². The average molecular weight is 518 g/mol. The molecule has 0 aliphatic carbocycles. The Bertz CT molecular complexity index is 1390. The van der Waals surface area contributed by atoms with Gasteiger partial charge in [-0.15, -0.1) is 0 Å². The lowest BCUT2D eigenvalue weighted by atomic mass is 9.93. The molecule has 37 heavy (non-hydrogen) atoms. The largest absolute Gasteiger partial charge is 0.497 e. The molecule has 1 aromatic heterocycles. The van der Waals surface area contributed by atoms with E-state index in [1.807, 2.05) is 18.2 Å². The Morgan fingerprint density at radius 1 is 1.08 bits per heavy atom. The number of nitrogens with zero attached hydrogens (tertiary/aromatic N) is 2. The van der Waals surface area contributed by atoms with Crippen molar-refractivity contribution in [1.29, 1.82) is 0 Å². The van der Waals surface area contributed by atoms with E-state index in [0.717, 1.165) is 48.0 Å². The number of aliphatic hydroxyl groups excluding tert-OH is 1. The molecular weight excluding hydrogens is 482 g/mol. The summed E-state index contributed by atoms with van der Waals surface area (Å²) in [6, 6.07) is 23.1. The summed E-state index contributed by atoms with van der Waals surface area (Å²) < 4.78 is 5.37. The maximum Gasteiger partial charge on any atom is 0.134 e. The van der Waals surface area contributed by atoms with Gasteiger partial charge < -0.3 is 15.2 Å². The lowest BCUT2D eigenvalue weighted by Gasteiger charge is -2.33. The number of nitrogens with one attached hydrogen (secondary N) is 1. The van der Waals surface area contributed by atoms with E-state index >= 15 is 0 Å². The van der Waals surface area contributed by atoms with Crippen LogP contribution in [0.2, 0.25) is 5.15 Å². The standard InChI is InChI=1S/C31H36ClN3O2/c1-31(2,18-21-10-11-22-7-4-5-8-23(22)15-21)33-19-29(36)28-9-6-14-35(28)20-25-16-24-17-26(37-3)12-13-27(24)34-30(25)32/h4-5,7-8,10-13,15-17,28-29,33,36H,6,9,14,18-20H2,1-3H3/t28-,29-/m1/s1. The Morgan fingerprint density at radius 3 is 2.70 bits per heavy atom. The highest BCUT2D eigenvalue weighted by molar-refractivity contribution is 6.30. The monoisotopic (exact) mass is 517 g/mol. The summed E-state index contributed by atoms with van der Waals surface area (Å²) >= 11 is 6.57. The van der Waals surface area contributed by atoms with Gasteiger partial charge in [-0.2, -0.15) is 0 Å². The number of fused-ring (bicyclic) bond motifs is 2. The molecule has 194 valence electrons. The zero-order valence-electron chi connectivity index (χ0n) is 21.9. The second-order valence-electron chi connectivity index (χ2n) is 10.9. The highest BCUT2D eigenvalue weighted by Crippen LogP contribution is 2.29. The molecule has 5 nitrogen and oxygen atoms in total. The van der Waals surface area contributed by atoms with E-state index in [0.29, 0.717) is 18.2 Å². The summed E-state index contributed by atoms with van der Waals surface area (Å²) in [6.45, 7) is 6.56. The number of ether oxygens (including phenoxy) is 1. The maximum absolute atomic E-state index is 11.2. The SMILES string of the molecule is COc1ccc2nc(Cl)c(CN3CCC[C@@H]3[C@H](O)CNC(C)(C)Cc3ccc4ccccc4c3)cc2c1. The minimum absolute atomic E-state index is 0.0843. The van der Waals surface area contributed by atoms with Gasteiger partial charge in [0.1, 0.15) is 10.9 Å². The van der Waals surface area contributed by atoms with Crippen molar-refractivity contribution in [1.82, 2.24) is 15.2 Å². The Balaban J connectivity index is 1.22. The third-order valence-electron chi connectivity index (χ3n) is 7.53. The minimum atomic E-state index is -0.467. The van der Waals surface area contributed by atoms with Gasteiger partial charge in [-0.25, -0.2) is 4.98 Å². The van der Waals surface area contributed by atoms with Crippen LogP contribution in [0, 0.1) is 0 Å². The fourth-order valence-corrected chi connectivity index (χ4v) is 5.76. The number of likely N-dealkylation sites (tertiary alicyclic amines) is 1. The second kappa shape index (κ2) is 11.0. The molecule has 5 rings (SSSR count). The smallest absolute Gasteiger partial charge is 0.134 e. The van der Waals surface area contributed by atoms with Crippen LogP contribution >= 0.6 is 11.6 Å². The molecule has 2 atom stereocenters. The van der Waals surface area contributed by atoms with Crippen molar-refractivity contribution in [3.63, 3.8) is 0 Å². The van der Waals surface area contributed by atoms with Crippen molar-refractivity contribution < 1.29 is 9.84 Å². The van der Waals surface area contributed by atoms with Crippen LogP contribution in [0.3, 0.4) is 0 Å². The van der Waals surface area contributed by atoms with Gasteiger partial charge >= 0.3 is 0 Å². The van der Waals surface area contributed by atoms with E-state index in [4.69, 9.17) is 16.3 Å². The normalized spacial score (nSPS) is 17.5. The van der Waals surface area contributed by atoms with Crippen LogP contribution in [0.4, 0.5) is 0 Å². The number of aromatic nitrogens is 1. The average Bonchev–Trinajstić information content (AvgIpc) is 3.35. The minimum Gasteiger partial charge on any atom is -0.497 e. The predicted octanol–water partition coefficient (Wildman–Crippen LogP) is 5.99. The highest BCUT2D eigenvalue weighted by atomic mass is 35.5. The Kier molecular flexibility index (Phi) is 7.68. The van der Waals surface area contributed by atoms with Gasteiger partial charge in [0.25, 0.3) is 0 Å². The Labute approximate surface area is 224 Å². The van der Waals surface area contributed by atoms with Crippen molar-refractivity contribution in [2.75, 3.05) is 20.2 Å². The first-order chi connectivity index (χ1) is 17.8. The van der Waals surface area contributed by atoms with Crippen LogP contribution in [0.15, 0.2) is 66.7 Å². The molecule has 0 radical (unpaired) electrons. The number of pyridine rings is 1. The van der Waals surface area contributed by atoms with E-state index in [2.05, 4.69) is 77.6 Å². The molecule has 0 saturated carbocycles.